The van der Waals surface area contributed by atoms with Gasteiger partial charge >= 0.3 is 5.97 Å². The molecule has 1 fully saturated rings. The van der Waals surface area contributed by atoms with E-state index in [4.69, 9.17) is 5.11 Å². The van der Waals surface area contributed by atoms with Crippen LogP contribution in [0.3, 0.4) is 0 Å². The first-order chi connectivity index (χ1) is 11.6. The summed E-state index contributed by atoms with van der Waals surface area (Å²) in [4.78, 5) is 26.8. The third kappa shape index (κ3) is 3.81. The zero-order valence-corrected chi connectivity index (χ0v) is 13.4. The van der Waals surface area contributed by atoms with Crippen molar-refractivity contribution in [3.8, 4) is 0 Å². The van der Waals surface area contributed by atoms with Crippen molar-refractivity contribution in [1.29, 1.82) is 0 Å². The molecule has 0 unspecified atom stereocenters. The number of hydrogen-bond donors (Lipinski definition) is 2. The number of anilines is 1. The molecule has 8 nitrogen and oxygen atoms in total. The minimum Gasteiger partial charge on any atom is -0.480 e. The summed E-state index contributed by atoms with van der Waals surface area (Å²) in [7, 11) is 0. The highest BCUT2D eigenvalue weighted by atomic mass is 16.4. The highest BCUT2D eigenvalue weighted by molar-refractivity contribution is 5.66. The first-order valence-corrected chi connectivity index (χ1v) is 8.18. The molecular formula is C16H21N5O3. The molecule has 0 atom stereocenters. The number of hydrogen-bond acceptors (Lipinski definition) is 5. The van der Waals surface area contributed by atoms with Crippen LogP contribution in [0.4, 0.5) is 5.82 Å². The Morgan fingerprint density at radius 1 is 1.33 bits per heavy atom. The Morgan fingerprint density at radius 3 is 2.88 bits per heavy atom. The maximum Gasteiger partial charge on any atom is 0.323 e. The third-order valence-corrected chi connectivity index (χ3v) is 4.26. The minimum atomic E-state index is -1.06. The lowest BCUT2D eigenvalue weighted by Gasteiger charge is -2.09. The summed E-state index contributed by atoms with van der Waals surface area (Å²) in [5.74, 6) is -0.902. The van der Waals surface area contributed by atoms with Crippen molar-refractivity contribution in [3.05, 3.63) is 40.7 Å². The summed E-state index contributed by atoms with van der Waals surface area (Å²) >= 11 is 0. The second-order valence-electron chi connectivity index (χ2n) is 6.00. The van der Waals surface area contributed by atoms with Gasteiger partial charge in [0.15, 0.2) is 5.82 Å². The molecule has 0 spiro atoms. The lowest BCUT2D eigenvalue weighted by atomic mass is 10.3. The molecule has 2 heterocycles. The number of aromatic nitrogens is 4. The molecule has 3 rings (SSSR count). The summed E-state index contributed by atoms with van der Waals surface area (Å²) < 4.78 is 3.16. The van der Waals surface area contributed by atoms with Gasteiger partial charge in [-0.1, -0.05) is 12.8 Å². The molecule has 24 heavy (non-hydrogen) atoms. The van der Waals surface area contributed by atoms with E-state index in [-0.39, 0.29) is 12.4 Å². The molecule has 1 aliphatic carbocycles. The molecule has 0 bridgehead atoms. The number of carboxylic acid groups (broad SMARTS) is 1. The van der Waals surface area contributed by atoms with Crippen LogP contribution in [0, 0.1) is 0 Å². The molecule has 0 saturated heterocycles. The fourth-order valence-electron chi connectivity index (χ4n) is 3.03. The molecule has 8 heteroatoms. The average Bonchev–Trinajstić information content (AvgIpc) is 3.21. The predicted molar refractivity (Wildman–Crippen MR) is 88.1 cm³/mol. The van der Waals surface area contributed by atoms with Crippen LogP contribution >= 0.6 is 0 Å². The maximum atomic E-state index is 12.1. The van der Waals surface area contributed by atoms with Gasteiger partial charge in [-0.3, -0.25) is 18.8 Å². The van der Waals surface area contributed by atoms with Gasteiger partial charge in [-0.2, -0.15) is 5.10 Å². The first-order valence-electron chi connectivity index (χ1n) is 8.18. The SMILES string of the molecule is O=C(O)Cn1ccnc(NCCc2ccn(C3CCCC3)n2)c1=O. The second-order valence-corrected chi connectivity index (χ2v) is 6.00. The second kappa shape index (κ2) is 7.29. The molecule has 0 aromatic carbocycles. The largest absolute Gasteiger partial charge is 0.480 e. The van der Waals surface area contributed by atoms with E-state index in [1.165, 1.54) is 38.1 Å². The Labute approximate surface area is 139 Å². The van der Waals surface area contributed by atoms with Gasteiger partial charge in [0.2, 0.25) is 0 Å². The zero-order chi connectivity index (χ0) is 16.9. The molecule has 2 aromatic rings. The van der Waals surface area contributed by atoms with E-state index in [9.17, 15) is 9.59 Å². The molecule has 1 aliphatic rings. The molecule has 0 radical (unpaired) electrons. The standard InChI is InChI=1S/C16H21N5O3/c22-14(23)11-20-10-8-18-15(16(20)24)17-7-5-12-6-9-21(19-12)13-3-1-2-4-13/h6,8-10,13H,1-5,7,11H2,(H,17,18)(H,22,23). The quantitative estimate of drug-likeness (QED) is 0.793. The summed E-state index contributed by atoms with van der Waals surface area (Å²) in [6, 6.07) is 2.52. The number of aliphatic carboxylic acids is 1. The van der Waals surface area contributed by atoms with Crippen molar-refractivity contribution in [2.24, 2.45) is 0 Å². The summed E-state index contributed by atoms with van der Waals surface area (Å²) in [5.41, 5.74) is 0.535. The summed E-state index contributed by atoms with van der Waals surface area (Å²) in [5, 5.41) is 16.4. The van der Waals surface area contributed by atoms with Crippen molar-refractivity contribution in [1.82, 2.24) is 19.3 Å². The lowest BCUT2D eigenvalue weighted by molar-refractivity contribution is -0.137. The highest BCUT2D eigenvalue weighted by Gasteiger charge is 2.17. The Balaban J connectivity index is 1.56. The molecule has 1 saturated carbocycles. The summed E-state index contributed by atoms with van der Waals surface area (Å²) in [6.07, 6.45) is 10.4. The van der Waals surface area contributed by atoms with E-state index >= 15 is 0 Å². The average molecular weight is 331 g/mol. The van der Waals surface area contributed by atoms with E-state index < -0.39 is 11.5 Å². The van der Waals surface area contributed by atoms with Crippen LogP contribution in [0.15, 0.2) is 29.5 Å². The van der Waals surface area contributed by atoms with Crippen LogP contribution in [0.2, 0.25) is 0 Å². The van der Waals surface area contributed by atoms with Gasteiger partial charge in [-0.15, -0.1) is 0 Å². The monoisotopic (exact) mass is 331 g/mol. The van der Waals surface area contributed by atoms with Crippen molar-refractivity contribution >= 4 is 11.8 Å². The van der Waals surface area contributed by atoms with Crippen molar-refractivity contribution in [2.75, 3.05) is 11.9 Å². The van der Waals surface area contributed by atoms with Gasteiger partial charge in [0, 0.05) is 31.6 Å². The van der Waals surface area contributed by atoms with E-state index in [0.717, 1.165) is 10.3 Å². The van der Waals surface area contributed by atoms with E-state index in [0.29, 0.717) is 19.0 Å². The molecule has 2 aromatic heterocycles. The molecule has 128 valence electrons. The third-order valence-electron chi connectivity index (χ3n) is 4.26. The Bertz CT molecular complexity index is 761. The number of carboxylic acids is 1. The van der Waals surface area contributed by atoms with Crippen molar-refractivity contribution in [3.63, 3.8) is 0 Å². The first kappa shape index (κ1) is 16.2. The van der Waals surface area contributed by atoms with Crippen LogP contribution in [-0.2, 0) is 17.8 Å². The fraction of sp³-hybridized carbons (Fsp3) is 0.500. The maximum absolute atomic E-state index is 12.1. The van der Waals surface area contributed by atoms with Gasteiger partial charge in [0.05, 0.1) is 11.7 Å². The van der Waals surface area contributed by atoms with Crippen LogP contribution in [0.1, 0.15) is 37.4 Å². The van der Waals surface area contributed by atoms with Gasteiger partial charge in [0.1, 0.15) is 6.54 Å². The van der Waals surface area contributed by atoms with E-state index in [1.54, 1.807) is 0 Å². The molecular weight excluding hydrogens is 310 g/mol. The topological polar surface area (TPSA) is 102 Å². The van der Waals surface area contributed by atoms with Crippen molar-refractivity contribution in [2.45, 2.75) is 44.7 Å². The molecule has 2 N–H and O–H groups in total. The fourth-order valence-corrected chi connectivity index (χ4v) is 3.03. The minimum absolute atomic E-state index is 0.161. The van der Waals surface area contributed by atoms with Gasteiger partial charge in [-0.25, -0.2) is 4.98 Å². The van der Waals surface area contributed by atoms with Crippen LogP contribution in [-0.4, -0.2) is 37.0 Å². The highest BCUT2D eigenvalue weighted by Crippen LogP contribution is 2.28. The van der Waals surface area contributed by atoms with Gasteiger partial charge < -0.3 is 10.4 Å². The Kier molecular flexibility index (Phi) is 4.93. The number of carbonyl (C=O) groups is 1. The number of nitrogens with one attached hydrogen (secondary N) is 1. The Hall–Kier alpha value is -2.64. The summed E-state index contributed by atoms with van der Waals surface area (Å²) in [6.45, 7) is 0.142. The van der Waals surface area contributed by atoms with Crippen LogP contribution < -0.4 is 10.9 Å². The molecule has 0 aliphatic heterocycles. The van der Waals surface area contributed by atoms with Gasteiger partial charge in [0.25, 0.3) is 5.56 Å². The number of rotatable bonds is 7. The van der Waals surface area contributed by atoms with E-state index in [2.05, 4.69) is 15.4 Å². The number of nitrogens with zero attached hydrogens (tertiary/aromatic N) is 4. The van der Waals surface area contributed by atoms with Crippen LogP contribution in [0.5, 0.6) is 0 Å². The van der Waals surface area contributed by atoms with Crippen LogP contribution in [0.25, 0.3) is 0 Å². The molecule has 0 amide bonds. The normalized spacial score (nSPS) is 14.8. The van der Waals surface area contributed by atoms with Gasteiger partial charge in [-0.05, 0) is 18.9 Å². The lowest BCUT2D eigenvalue weighted by Crippen LogP contribution is -2.27. The van der Waals surface area contributed by atoms with Crippen molar-refractivity contribution < 1.29 is 9.90 Å². The zero-order valence-electron chi connectivity index (χ0n) is 13.4. The predicted octanol–water partition coefficient (Wildman–Crippen LogP) is 1.29. The smallest absolute Gasteiger partial charge is 0.323 e. The Morgan fingerprint density at radius 2 is 2.12 bits per heavy atom. The van der Waals surface area contributed by atoms with E-state index in [1.807, 2.05) is 16.9 Å².